The van der Waals surface area contributed by atoms with Crippen molar-refractivity contribution in [2.45, 2.75) is 28.9 Å². The summed E-state index contributed by atoms with van der Waals surface area (Å²) >= 11 is 1.60. The largest absolute Gasteiger partial charge is 0.489 e. The summed E-state index contributed by atoms with van der Waals surface area (Å²) in [5, 5.41) is 11.9. The van der Waals surface area contributed by atoms with Crippen LogP contribution < -0.4 is 15.8 Å². The average molecular weight is 409 g/mol. The molecule has 3 aromatic carbocycles. The Kier molecular flexibility index (Phi) is 6.93. The third-order valence-electron chi connectivity index (χ3n) is 4.25. The van der Waals surface area contributed by atoms with Crippen LogP contribution in [0.1, 0.15) is 12.5 Å². The molecule has 4 N–H and O–H groups in total. The first-order valence-corrected chi connectivity index (χ1v) is 10.0. The number of carbonyl (C=O) groups is 1. The minimum atomic E-state index is -1.31. The summed E-state index contributed by atoms with van der Waals surface area (Å²) in [6.45, 7) is 1.59. The van der Waals surface area contributed by atoms with Crippen LogP contribution in [-0.2, 0) is 11.4 Å². The fraction of sp³-hybridized carbons (Fsp3) is 0.174. The number of nitrogens with one attached hydrogen (secondary N) is 1. The maximum absolute atomic E-state index is 12.0. The van der Waals surface area contributed by atoms with Gasteiger partial charge < -0.3 is 20.9 Å². The molecule has 1 atom stereocenters. The maximum Gasteiger partial charge on any atom is 0.246 e. The Balaban J connectivity index is 1.59. The van der Waals surface area contributed by atoms with Crippen molar-refractivity contribution in [3.8, 4) is 5.75 Å². The number of carbonyl (C=O) groups excluding carboxylic acids is 1. The van der Waals surface area contributed by atoms with Crippen LogP contribution in [0.3, 0.4) is 0 Å². The smallest absolute Gasteiger partial charge is 0.246 e. The Bertz CT molecular complexity index is 944. The standard InChI is InChI=1S/C23H24N2O3S/c1-23(24,16-26)22(27)25-18-10-12-20(13-11-18)29-21-9-5-8-19(14-21)28-15-17-6-3-2-4-7-17/h2-14,26H,15-16,24H2,1H3,(H,25,27). The molecule has 0 fully saturated rings. The van der Waals surface area contributed by atoms with Gasteiger partial charge in [-0.25, -0.2) is 0 Å². The summed E-state index contributed by atoms with van der Waals surface area (Å²) in [6, 6.07) is 25.4. The van der Waals surface area contributed by atoms with Gasteiger partial charge in [-0.2, -0.15) is 0 Å². The monoisotopic (exact) mass is 408 g/mol. The molecule has 0 bridgehead atoms. The van der Waals surface area contributed by atoms with Gasteiger partial charge in [-0.05, 0) is 55.0 Å². The summed E-state index contributed by atoms with van der Waals surface area (Å²) in [4.78, 5) is 14.1. The van der Waals surface area contributed by atoms with Crippen LogP contribution in [0.5, 0.6) is 5.75 Å². The first-order valence-electron chi connectivity index (χ1n) is 9.22. The lowest BCUT2D eigenvalue weighted by molar-refractivity contribution is -0.121. The van der Waals surface area contributed by atoms with Crippen molar-refractivity contribution in [1.29, 1.82) is 0 Å². The first-order chi connectivity index (χ1) is 14.0. The van der Waals surface area contributed by atoms with Gasteiger partial charge in [0.2, 0.25) is 5.91 Å². The molecule has 3 rings (SSSR count). The van der Waals surface area contributed by atoms with Crippen molar-refractivity contribution < 1.29 is 14.6 Å². The quantitative estimate of drug-likeness (QED) is 0.523. The molecular weight excluding hydrogens is 384 g/mol. The van der Waals surface area contributed by atoms with E-state index in [-0.39, 0.29) is 0 Å². The third kappa shape index (κ3) is 6.09. The molecule has 0 radical (unpaired) electrons. The van der Waals surface area contributed by atoms with Gasteiger partial charge in [-0.1, -0.05) is 48.2 Å². The van der Waals surface area contributed by atoms with Crippen LogP contribution in [0.25, 0.3) is 0 Å². The van der Waals surface area contributed by atoms with Crippen molar-refractivity contribution in [3.63, 3.8) is 0 Å². The summed E-state index contributed by atoms with van der Waals surface area (Å²) in [5.41, 5.74) is 6.18. The van der Waals surface area contributed by atoms with Gasteiger partial charge in [0, 0.05) is 15.5 Å². The van der Waals surface area contributed by atoms with Crippen LogP contribution in [0, 0.1) is 0 Å². The van der Waals surface area contributed by atoms with Crippen molar-refractivity contribution in [3.05, 3.63) is 84.4 Å². The average Bonchev–Trinajstić information content (AvgIpc) is 2.74. The third-order valence-corrected chi connectivity index (χ3v) is 5.25. The second-order valence-corrected chi connectivity index (χ2v) is 8.05. The van der Waals surface area contributed by atoms with Gasteiger partial charge in [0.15, 0.2) is 0 Å². The number of rotatable bonds is 8. The molecule has 0 aliphatic carbocycles. The summed E-state index contributed by atoms with van der Waals surface area (Å²) in [5.74, 6) is 0.387. The van der Waals surface area contributed by atoms with Crippen LogP contribution in [0.2, 0.25) is 0 Å². The molecule has 1 amide bonds. The van der Waals surface area contributed by atoms with E-state index >= 15 is 0 Å². The highest BCUT2D eigenvalue weighted by atomic mass is 32.2. The number of anilines is 1. The van der Waals surface area contributed by atoms with E-state index in [1.165, 1.54) is 6.92 Å². The highest BCUT2D eigenvalue weighted by Gasteiger charge is 2.27. The molecule has 150 valence electrons. The summed E-state index contributed by atoms with van der Waals surface area (Å²) in [7, 11) is 0. The van der Waals surface area contributed by atoms with Gasteiger partial charge in [-0.15, -0.1) is 0 Å². The molecule has 29 heavy (non-hydrogen) atoms. The van der Waals surface area contributed by atoms with E-state index in [1.54, 1.807) is 11.8 Å². The Morgan fingerprint density at radius 3 is 2.45 bits per heavy atom. The van der Waals surface area contributed by atoms with E-state index in [0.29, 0.717) is 12.3 Å². The second-order valence-electron chi connectivity index (χ2n) is 6.91. The lowest BCUT2D eigenvalue weighted by Crippen LogP contribution is -2.51. The lowest BCUT2D eigenvalue weighted by Gasteiger charge is -2.20. The van der Waals surface area contributed by atoms with E-state index in [2.05, 4.69) is 5.32 Å². The summed E-state index contributed by atoms with van der Waals surface area (Å²) < 4.78 is 5.88. The van der Waals surface area contributed by atoms with Crippen LogP contribution in [0.15, 0.2) is 88.7 Å². The molecule has 0 heterocycles. The number of amides is 1. The zero-order valence-electron chi connectivity index (χ0n) is 16.2. The molecule has 0 aliphatic heterocycles. The fourth-order valence-corrected chi connectivity index (χ4v) is 3.32. The normalized spacial score (nSPS) is 12.8. The zero-order chi connectivity index (χ0) is 20.7. The molecule has 0 saturated heterocycles. The molecule has 5 nitrogen and oxygen atoms in total. The SMILES string of the molecule is CC(N)(CO)C(=O)Nc1ccc(Sc2cccc(OCc3ccccc3)c2)cc1. The number of ether oxygens (including phenoxy) is 1. The second kappa shape index (κ2) is 9.60. The van der Waals surface area contributed by atoms with Gasteiger partial charge in [0.05, 0.1) is 6.61 Å². The van der Waals surface area contributed by atoms with E-state index in [0.717, 1.165) is 21.1 Å². The molecule has 0 spiro atoms. The van der Waals surface area contributed by atoms with Crippen molar-refractivity contribution in [2.75, 3.05) is 11.9 Å². The highest BCUT2D eigenvalue weighted by molar-refractivity contribution is 7.99. The molecule has 0 aliphatic rings. The zero-order valence-corrected chi connectivity index (χ0v) is 17.0. The Hall–Kier alpha value is -2.80. The number of nitrogens with two attached hydrogens (primary N) is 1. The number of benzene rings is 3. The number of hydrogen-bond acceptors (Lipinski definition) is 5. The molecule has 0 saturated carbocycles. The van der Waals surface area contributed by atoms with Crippen molar-refractivity contribution in [2.24, 2.45) is 5.73 Å². The van der Waals surface area contributed by atoms with Crippen LogP contribution >= 0.6 is 11.8 Å². The highest BCUT2D eigenvalue weighted by Crippen LogP contribution is 2.31. The number of aliphatic hydroxyl groups is 1. The number of aliphatic hydroxyl groups excluding tert-OH is 1. The molecule has 6 heteroatoms. The Morgan fingerprint density at radius 2 is 1.76 bits per heavy atom. The Labute approximate surface area is 174 Å². The minimum Gasteiger partial charge on any atom is -0.489 e. The Morgan fingerprint density at radius 1 is 1.03 bits per heavy atom. The van der Waals surface area contributed by atoms with E-state index in [4.69, 9.17) is 10.5 Å². The molecular formula is C23H24N2O3S. The van der Waals surface area contributed by atoms with Gasteiger partial charge in [0.1, 0.15) is 17.9 Å². The summed E-state index contributed by atoms with van der Waals surface area (Å²) in [6.07, 6.45) is 0. The van der Waals surface area contributed by atoms with Crippen molar-refractivity contribution in [1.82, 2.24) is 0 Å². The predicted molar refractivity (Wildman–Crippen MR) is 116 cm³/mol. The van der Waals surface area contributed by atoms with Gasteiger partial charge >= 0.3 is 0 Å². The van der Waals surface area contributed by atoms with E-state index < -0.39 is 18.1 Å². The minimum absolute atomic E-state index is 0.421. The molecule has 1 unspecified atom stereocenters. The lowest BCUT2D eigenvalue weighted by atomic mass is 10.0. The molecule has 0 aromatic heterocycles. The predicted octanol–water partition coefficient (Wildman–Crippen LogP) is 4.07. The van der Waals surface area contributed by atoms with Crippen molar-refractivity contribution >= 4 is 23.4 Å². The maximum atomic E-state index is 12.0. The topological polar surface area (TPSA) is 84.6 Å². The van der Waals surface area contributed by atoms with Gasteiger partial charge in [-0.3, -0.25) is 4.79 Å². The first kappa shape index (κ1) is 20.9. The number of hydrogen-bond donors (Lipinski definition) is 3. The fourth-order valence-electron chi connectivity index (χ4n) is 2.46. The van der Waals surface area contributed by atoms with Crippen LogP contribution in [-0.4, -0.2) is 23.2 Å². The van der Waals surface area contributed by atoms with Gasteiger partial charge in [0.25, 0.3) is 0 Å². The van der Waals surface area contributed by atoms with E-state index in [1.807, 2.05) is 78.9 Å². The van der Waals surface area contributed by atoms with E-state index in [9.17, 15) is 9.90 Å². The molecule has 3 aromatic rings. The van der Waals surface area contributed by atoms with Crippen LogP contribution in [0.4, 0.5) is 5.69 Å².